The molecule has 1 unspecified atom stereocenters. The first kappa shape index (κ1) is 19.0. The zero-order chi connectivity index (χ0) is 18.7. The Labute approximate surface area is 157 Å². The summed E-state index contributed by atoms with van der Waals surface area (Å²) >= 11 is 6.06. The van der Waals surface area contributed by atoms with E-state index in [9.17, 15) is 8.42 Å². The van der Waals surface area contributed by atoms with Gasteiger partial charge >= 0.3 is 0 Å². The average Bonchev–Trinajstić information content (AvgIpc) is 3.12. The first-order valence-corrected chi connectivity index (χ1v) is 10.1. The number of morpholine rings is 1. The van der Waals surface area contributed by atoms with Gasteiger partial charge in [0, 0.05) is 29.4 Å². The van der Waals surface area contributed by atoms with Crippen molar-refractivity contribution >= 4 is 27.7 Å². The highest BCUT2D eigenvalue weighted by Gasteiger charge is 2.32. The summed E-state index contributed by atoms with van der Waals surface area (Å²) in [5.41, 5.74) is 0.640. The van der Waals surface area contributed by atoms with Gasteiger partial charge in [-0.3, -0.25) is 0 Å². The number of sulfonamides is 1. The van der Waals surface area contributed by atoms with Crippen LogP contribution < -0.4 is 0 Å². The van der Waals surface area contributed by atoms with Crippen molar-refractivity contribution in [3.63, 3.8) is 0 Å². The molecule has 140 valence electrons. The zero-order valence-electron chi connectivity index (χ0n) is 14.5. The zero-order valence-corrected chi connectivity index (χ0v) is 16.1. The van der Waals surface area contributed by atoms with Crippen LogP contribution in [0.25, 0.3) is 6.08 Å². The maximum Gasteiger partial charge on any atom is 0.246 e. The number of hydrogen-bond acceptors (Lipinski definition) is 6. The highest BCUT2D eigenvalue weighted by Crippen LogP contribution is 2.25. The highest BCUT2D eigenvalue weighted by atomic mass is 35.5. The van der Waals surface area contributed by atoms with E-state index in [1.165, 1.54) is 10.4 Å². The predicted molar refractivity (Wildman–Crippen MR) is 98.1 cm³/mol. The quantitative estimate of drug-likeness (QED) is 0.770. The normalized spacial score (nSPS) is 19.5. The second-order valence-electron chi connectivity index (χ2n) is 6.22. The lowest BCUT2D eigenvalue weighted by Gasteiger charge is -2.29. The van der Waals surface area contributed by atoms with Gasteiger partial charge in [-0.05, 0) is 17.7 Å². The van der Waals surface area contributed by atoms with E-state index in [0.717, 1.165) is 5.41 Å². The summed E-state index contributed by atoms with van der Waals surface area (Å²) in [6, 6.07) is 7.05. The number of benzene rings is 1. The van der Waals surface area contributed by atoms with Gasteiger partial charge in [-0.1, -0.05) is 43.6 Å². The van der Waals surface area contributed by atoms with E-state index in [2.05, 4.69) is 10.2 Å². The minimum atomic E-state index is -3.62. The first-order chi connectivity index (χ1) is 12.4. The van der Waals surface area contributed by atoms with Gasteiger partial charge in [-0.2, -0.15) is 4.31 Å². The Bertz CT molecular complexity index is 895. The molecule has 1 aliphatic rings. The van der Waals surface area contributed by atoms with E-state index in [1.807, 2.05) is 13.8 Å². The van der Waals surface area contributed by atoms with E-state index >= 15 is 0 Å². The molecule has 0 aliphatic carbocycles. The van der Waals surface area contributed by atoms with Crippen LogP contribution in [0.2, 0.25) is 5.02 Å². The van der Waals surface area contributed by atoms with E-state index in [-0.39, 0.29) is 25.6 Å². The van der Waals surface area contributed by atoms with Crippen molar-refractivity contribution < 1.29 is 17.6 Å². The van der Waals surface area contributed by atoms with Gasteiger partial charge in [0.1, 0.15) is 6.10 Å². The molecule has 1 atom stereocenters. The van der Waals surface area contributed by atoms with Crippen LogP contribution in [0.5, 0.6) is 0 Å². The average molecular weight is 398 g/mol. The second kappa shape index (κ2) is 7.87. The van der Waals surface area contributed by atoms with E-state index in [4.69, 9.17) is 20.8 Å². The van der Waals surface area contributed by atoms with E-state index in [0.29, 0.717) is 22.4 Å². The predicted octanol–water partition coefficient (Wildman–Crippen LogP) is 3.22. The third-order valence-electron chi connectivity index (χ3n) is 3.94. The Balaban J connectivity index is 1.74. The van der Waals surface area contributed by atoms with Crippen LogP contribution in [-0.4, -0.2) is 42.6 Å². The Morgan fingerprint density at radius 1 is 1.31 bits per heavy atom. The molecule has 0 amide bonds. The number of halogens is 1. The van der Waals surface area contributed by atoms with Crippen LogP contribution in [0.1, 0.15) is 43.2 Å². The number of aromatic nitrogens is 2. The number of ether oxygens (including phenoxy) is 1. The molecule has 26 heavy (non-hydrogen) atoms. The molecule has 0 bridgehead atoms. The molecule has 2 aromatic rings. The number of nitrogens with zero attached hydrogens (tertiary/aromatic N) is 3. The molecule has 1 aliphatic heterocycles. The highest BCUT2D eigenvalue weighted by molar-refractivity contribution is 7.92. The molecule has 1 aromatic heterocycles. The van der Waals surface area contributed by atoms with Crippen molar-refractivity contribution in [1.82, 2.24) is 14.5 Å². The summed E-state index contributed by atoms with van der Waals surface area (Å²) in [7, 11) is -3.62. The Morgan fingerprint density at radius 2 is 2.08 bits per heavy atom. The molecule has 0 spiro atoms. The summed E-state index contributed by atoms with van der Waals surface area (Å²) in [5.74, 6) is 0.893. The summed E-state index contributed by atoms with van der Waals surface area (Å²) < 4.78 is 37.8. The number of rotatable bonds is 5. The molecule has 9 heteroatoms. The van der Waals surface area contributed by atoms with Crippen LogP contribution >= 0.6 is 11.6 Å². The summed E-state index contributed by atoms with van der Waals surface area (Å²) in [5, 5.41) is 9.60. The standard InChI is InChI=1S/C17H20ClN3O4S/c1-12(2)16-19-20-17(25-16)15-11-21(8-9-24-15)26(22,23)10-7-13-5-3-4-6-14(13)18/h3-7,10,12,15H,8-9,11H2,1-2H3/b10-7+. The largest absolute Gasteiger partial charge is 0.422 e. The van der Waals surface area contributed by atoms with Gasteiger partial charge in [-0.25, -0.2) is 8.42 Å². The molecule has 0 saturated carbocycles. The Kier molecular flexibility index (Phi) is 5.76. The van der Waals surface area contributed by atoms with Gasteiger partial charge in [0.15, 0.2) is 0 Å². The third-order valence-corrected chi connectivity index (χ3v) is 5.82. The van der Waals surface area contributed by atoms with Crippen LogP contribution in [0.15, 0.2) is 34.1 Å². The third kappa shape index (κ3) is 4.32. The van der Waals surface area contributed by atoms with Gasteiger partial charge in [0.2, 0.25) is 21.8 Å². The molecular weight excluding hydrogens is 378 g/mol. The van der Waals surface area contributed by atoms with Crippen molar-refractivity contribution in [1.29, 1.82) is 0 Å². The van der Waals surface area contributed by atoms with Gasteiger partial charge < -0.3 is 9.15 Å². The molecule has 3 rings (SSSR count). The summed E-state index contributed by atoms with van der Waals surface area (Å²) in [6.07, 6.45) is 0.915. The molecule has 2 heterocycles. The van der Waals surface area contributed by atoms with Crippen molar-refractivity contribution in [2.45, 2.75) is 25.9 Å². The fraction of sp³-hybridized carbons (Fsp3) is 0.412. The van der Waals surface area contributed by atoms with Gasteiger partial charge in [0.05, 0.1) is 6.61 Å². The monoisotopic (exact) mass is 397 g/mol. The lowest BCUT2D eigenvalue weighted by molar-refractivity contribution is -0.0175. The minimum Gasteiger partial charge on any atom is -0.422 e. The molecule has 1 saturated heterocycles. The van der Waals surface area contributed by atoms with Crippen LogP contribution in [0.4, 0.5) is 0 Å². The molecule has 1 fully saturated rings. The first-order valence-electron chi connectivity index (χ1n) is 8.24. The number of hydrogen-bond donors (Lipinski definition) is 0. The topological polar surface area (TPSA) is 85.5 Å². The smallest absolute Gasteiger partial charge is 0.246 e. The Hall–Kier alpha value is -1.74. The van der Waals surface area contributed by atoms with Crippen LogP contribution in [0, 0.1) is 0 Å². The fourth-order valence-corrected chi connectivity index (χ4v) is 3.83. The lowest BCUT2D eigenvalue weighted by atomic mass is 10.2. The van der Waals surface area contributed by atoms with Crippen molar-refractivity contribution in [2.24, 2.45) is 0 Å². The second-order valence-corrected chi connectivity index (χ2v) is 8.45. The molecule has 0 radical (unpaired) electrons. The molecule has 1 aromatic carbocycles. The molecular formula is C17H20ClN3O4S. The fourth-order valence-electron chi connectivity index (χ4n) is 2.47. The van der Waals surface area contributed by atoms with E-state index < -0.39 is 16.1 Å². The maximum absolute atomic E-state index is 12.6. The lowest BCUT2D eigenvalue weighted by Crippen LogP contribution is -2.41. The molecule has 0 N–H and O–H groups in total. The minimum absolute atomic E-state index is 0.0956. The molecule has 7 nitrogen and oxygen atoms in total. The SMILES string of the molecule is CC(C)c1nnc(C2CN(S(=O)(=O)/C=C/c3ccccc3Cl)CCO2)o1. The van der Waals surface area contributed by atoms with Gasteiger partial charge in [-0.15, -0.1) is 10.2 Å². The van der Waals surface area contributed by atoms with E-state index in [1.54, 1.807) is 24.3 Å². The maximum atomic E-state index is 12.6. The summed E-state index contributed by atoms with van der Waals surface area (Å²) in [6.45, 7) is 4.51. The van der Waals surface area contributed by atoms with Gasteiger partial charge in [0.25, 0.3) is 0 Å². The van der Waals surface area contributed by atoms with Crippen LogP contribution in [-0.2, 0) is 14.8 Å². The van der Waals surface area contributed by atoms with Crippen molar-refractivity contribution in [3.8, 4) is 0 Å². The van der Waals surface area contributed by atoms with Crippen LogP contribution in [0.3, 0.4) is 0 Å². The summed E-state index contributed by atoms with van der Waals surface area (Å²) in [4.78, 5) is 0. The van der Waals surface area contributed by atoms with Crippen molar-refractivity contribution in [3.05, 3.63) is 52.0 Å². The Morgan fingerprint density at radius 3 is 2.77 bits per heavy atom. The van der Waals surface area contributed by atoms with Crippen molar-refractivity contribution in [2.75, 3.05) is 19.7 Å².